The van der Waals surface area contributed by atoms with Gasteiger partial charge in [-0.2, -0.15) is 5.26 Å². The van der Waals surface area contributed by atoms with E-state index in [0.717, 1.165) is 5.56 Å². The van der Waals surface area contributed by atoms with Crippen LogP contribution >= 0.6 is 0 Å². The zero-order valence-electron chi connectivity index (χ0n) is 12.4. The van der Waals surface area contributed by atoms with Crippen LogP contribution in [-0.4, -0.2) is 37.6 Å². The lowest BCUT2D eigenvalue weighted by Crippen LogP contribution is -2.42. The van der Waals surface area contributed by atoms with E-state index in [1.165, 1.54) is 0 Å². The number of methoxy groups -OCH3 is 1. The fourth-order valence-corrected chi connectivity index (χ4v) is 1.82. The monoisotopic (exact) mass is 275 g/mol. The normalized spacial score (nSPS) is 11.6. The van der Waals surface area contributed by atoms with Crippen molar-refractivity contribution >= 4 is 5.91 Å². The number of carbonyl (C=O) groups is 1. The van der Waals surface area contributed by atoms with Crippen molar-refractivity contribution in [1.82, 2.24) is 10.2 Å². The van der Waals surface area contributed by atoms with Gasteiger partial charge in [-0.15, -0.1) is 0 Å². The highest BCUT2D eigenvalue weighted by Crippen LogP contribution is 2.19. The Morgan fingerprint density at radius 2 is 2.25 bits per heavy atom. The predicted molar refractivity (Wildman–Crippen MR) is 77.3 cm³/mol. The maximum Gasteiger partial charge on any atom is 0.239 e. The maximum atomic E-state index is 12.0. The molecule has 0 radical (unpaired) electrons. The van der Waals surface area contributed by atoms with Crippen LogP contribution in [0.5, 0.6) is 5.75 Å². The van der Waals surface area contributed by atoms with Gasteiger partial charge in [0, 0.05) is 25.7 Å². The first-order chi connectivity index (χ1) is 9.53. The highest BCUT2D eigenvalue weighted by molar-refractivity contribution is 5.81. The molecule has 0 aromatic heterocycles. The first kappa shape index (κ1) is 16.0. The molecule has 20 heavy (non-hydrogen) atoms. The molecule has 0 spiro atoms. The summed E-state index contributed by atoms with van der Waals surface area (Å²) in [6, 6.07) is 7.06. The number of nitriles is 1. The van der Waals surface area contributed by atoms with E-state index in [-0.39, 0.29) is 11.9 Å². The Morgan fingerprint density at radius 3 is 2.80 bits per heavy atom. The van der Waals surface area contributed by atoms with Gasteiger partial charge >= 0.3 is 0 Å². The van der Waals surface area contributed by atoms with Crippen molar-refractivity contribution < 1.29 is 9.53 Å². The first-order valence-electron chi connectivity index (χ1n) is 6.58. The number of carbonyl (C=O) groups excluding carboxylic acids is 1. The fraction of sp³-hybridized carbons (Fsp3) is 0.467. The topological polar surface area (TPSA) is 65.4 Å². The third kappa shape index (κ3) is 3.97. The van der Waals surface area contributed by atoms with Gasteiger partial charge in [0.1, 0.15) is 5.75 Å². The van der Waals surface area contributed by atoms with Gasteiger partial charge < -0.3 is 15.0 Å². The largest absolute Gasteiger partial charge is 0.496 e. The van der Waals surface area contributed by atoms with Crippen LogP contribution in [0.1, 0.15) is 25.0 Å². The number of nitrogens with zero attached hydrogens (tertiary/aromatic N) is 2. The minimum Gasteiger partial charge on any atom is -0.496 e. The molecule has 0 aliphatic rings. The van der Waals surface area contributed by atoms with Crippen molar-refractivity contribution in [2.24, 2.45) is 0 Å². The number of hydrogen-bond acceptors (Lipinski definition) is 4. The molecule has 108 valence electrons. The maximum absolute atomic E-state index is 12.0. The lowest BCUT2D eigenvalue weighted by atomic mass is 10.1. The highest BCUT2D eigenvalue weighted by atomic mass is 16.5. The van der Waals surface area contributed by atoms with Gasteiger partial charge in [0.25, 0.3) is 0 Å². The summed E-state index contributed by atoms with van der Waals surface area (Å²) >= 11 is 0. The van der Waals surface area contributed by atoms with Crippen LogP contribution in [0.2, 0.25) is 0 Å². The molecule has 0 fully saturated rings. The van der Waals surface area contributed by atoms with Crippen molar-refractivity contribution in [3.63, 3.8) is 0 Å². The van der Waals surface area contributed by atoms with Crippen LogP contribution in [0.4, 0.5) is 0 Å². The second-order valence-electron chi connectivity index (χ2n) is 4.59. The molecule has 1 atom stereocenters. The van der Waals surface area contributed by atoms with Gasteiger partial charge in [0.15, 0.2) is 0 Å². The van der Waals surface area contributed by atoms with Crippen LogP contribution < -0.4 is 10.1 Å². The van der Waals surface area contributed by atoms with Crippen LogP contribution in [0.3, 0.4) is 0 Å². The number of nitrogens with one attached hydrogen (secondary N) is 1. The molecule has 1 N–H and O–H groups in total. The highest BCUT2D eigenvalue weighted by Gasteiger charge is 2.16. The van der Waals surface area contributed by atoms with E-state index in [4.69, 9.17) is 10.00 Å². The minimum atomic E-state index is -0.282. The quantitative estimate of drug-likeness (QED) is 0.855. The van der Waals surface area contributed by atoms with Crippen LogP contribution in [0.15, 0.2) is 18.2 Å². The standard InChI is InChI=1S/C15H21N3O2/c1-5-18(3)15(19)11(2)17-10-13-8-12(9-16)6-7-14(13)20-4/h6-8,11,17H,5,10H2,1-4H3. The molecule has 5 heteroatoms. The van der Waals surface area contributed by atoms with E-state index in [0.29, 0.717) is 24.4 Å². The van der Waals surface area contributed by atoms with Crippen molar-refractivity contribution in [1.29, 1.82) is 5.26 Å². The SMILES string of the molecule is CCN(C)C(=O)C(C)NCc1cc(C#N)ccc1OC. The van der Waals surface area contributed by atoms with E-state index in [1.54, 1.807) is 37.3 Å². The van der Waals surface area contributed by atoms with E-state index in [9.17, 15) is 4.79 Å². The molecule has 0 saturated heterocycles. The summed E-state index contributed by atoms with van der Waals surface area (Å²) in [6.07, 6.45) is 0. The third-order valence-corrected chi connectivity index (χ3v) is 3.23. The molecule has 0 bridgehead atoms. The summed E-state index contributed by atoms with van der Waals surface area (Å²) in [5, 5.41) is 12.1. The van der Waals surface area contributed by atoms with Gasteiger partial charge in [-0.3, -0.25) is 4.79 Å². The number of benzene rings is 1. The Balaban J connectivity index is 2.74. The smallest absolute Gasteiger partial charge is 0.239 e. The molecule has 1 unspecified atom stereocenters. The molecular formula is C15H21N3O2. The summed E-state index contributed by atoms with van der Waals surface area (Å²) in [5.74, 6) is 0.753. The summed E-state index contributed by atoms with van der Waals surface area (Å²) < 4.78 is 5.26. The van der Waals surface area contributed by atoms with Gasteiger partial charge in [-0.25, -0.2) is 0 Å². The Hall–Kier alpha value is -2.06. The Kier molecular flexibility index (Phi) is 6.01. The summed E-state index contributed by atoms with van der Waals surface area (Å²) in [6.45, 7) is 4.92. The van der Waals surface area contributed by atoms with E-state index in [2.05, 4.69) is 11.4 Å². The molecule has 0 aliphatic carbocycles. The third-order valence-electron chi connectivity index (χ3n) is 3.23. The molecule has 0 heterocycles. The van der Waals surface area contributed by atoms with Gasteiger partial charge in [-0.05, 0) is 32.0 Å². The zero-order valence-corrected chi connectivity index (χ0v) is 12.4. The lowest BCUT2D eigenvalue weighted by Gasteiger charge is -2.21. The molecular weight excluding hydrogens is 254 g/mol. The van der Waals surface area contributed by atoms with Gasteiger partial charge in [0.05, 0.1) is 24.8 Å². The molecule has 1 amide bonds. The van der Waals surface area contributed by atoms with Crippen LogP contribution in [0.25, 0.3) is 0 Å². The van der Waals surface area contributed by atoms with Crippen LogP contribution in [0, 0.1) is 11.3 Å². The molecule has 1 aromatic rings. The van der Waals surface area contributed by atoms with E-state index < -0.39 is 0 Å². The number of amides is 1. The second-order valence-corrected chi connectivity index (χ2v) is 4.59. The molecule has 0 aliphatic heterocycles. The average molecular weight is 275 g/mol. The predicted octanol–water partition coefficient (Wildman–Crippen LogP) is 1.52. The van der Waals surface area contributed by atoms with Crippen LogP contribution in [-0.2, 0) is 11.3 Å². The van der Waals surface area contributed by atoms with Gasteiger partial charge in [-0.1, -0.05) is 0 Å². The van der Waals surface area contributed by atoms with Gasteiger partial charge in [0.2, 0.25) is 5.91 Å². The van der Waals surface area contributed by atoms with E-state index in [1.807, 2.05) is 13.8 Å². The Morgan fingerprint density at radius 1 is 1.55 bits per heavy atom. The van der Waals surface area contributed by atoms with Crippen molar-refractivity contribution in [2.75, 3.05) is 20.7 Å². The Bertz CT molecular complexity index is 508. The Labute approximate surface area is 120 Å². The molecule has 1 rings (SSSR count). The van der Waals surface area contributed by atoms with E-state index >= 15 is 0 Å². The number of likely N-dealkylation sites (N-methyl/N-ethyl adjacent to an activating group) is 1. The zero-order chi connectivity index (χ0) is 15.1. The summed E-state index contributed by atoms with van der Waals surface area (Å²) in [7, 11) is 3.36. The molecule has 1 aromatic carbocycles. The molecule has 5 nitrogen and oxygen atoms in total. The van der Waals surface area contributed by atoms with Crippen molar-refractivity contribution in [2.45, 2.75) is 26.4 Å². The van der Waals surface area contributed by atoms with Crippen molar-refractivity contribution in [3.05, 3.63) is 29.3 Å². The second kappa shape index (κ2) is 7.51. The summed E-state index contributed by atoms with van der Waals surface area (Å²) in [4.78, 5) is 13.6. The number of hydrogen-bond donors (Lipinski definition) is 1. The number of rotatable bonds is 6. The lowest BCUT2D eigenvalue weighted by molar-refractivity contribution is -0.131. The fourth-order valence-electron chi connectivity index (χ4n) is 1.82. The average Bonchev–Trinajstić information content (AvgIpc) is 2.50. The minimum absolute atomic E-state index is 0.0444. The van der Waals surface area contributed by atoms with Crippen molar-refractivity contribution in [3.8, 4) is 11.8 Å². The molecule has 0 saturated carbocycles. The first-order valence-corrected chi connectivity index (χ1v) is 6.58. The number of ether oxygens (including phenoxy) is 1. The summed E-state index contributed by atoms with van der Waals surface area (Å²) in [5.41, 5.74) is 1.44.